The molecule has 0 spiro atoms. The molecule has 21 heavy (non-hydrogen) atoms. The summed E-state index contributed by atoms with van der Waals surface area (Å²) in [6, 6.07) is 0.488. The van der Waals surface area contributed by atoms with Crippen molar-refractivity contribution >= 4 is 5.91 Å². The van der Waals surface area contributed by atoms with Gasteiger partial charge < -0.3 is 10.2 Å². The molecule has 3 fully saturated rings. The lowest BCUT2D eigenvalue weighted by Gasteiger charge is -2.37. The maximum Gasteiger partial charge on any atom is 0.229 e. The Bertz CT molecular complexity index is 387. The standard InChI is InChI=1S/C18H32N2O/c1-4-16-15-11-19-10-14(15)12-20(16)17(21)18(9-13(2)3)7-5-6-8-18/h13-16,19H,4-12H2,1-3H3. The number of nitrogens with zero attached hydrogens (tertiary/aromatic N) is 1. The molecule has 1 amide bonds. The van der Waals surface area contributed by atoms with E-state index in [9.17, 15) is 4.79 Å². The molecule has 0 aromatic heterocycles. The van der Waals surface area contributed by atoms with Crippen molar-refractivity contribution in [3.05, 3.63) is 0 Å². The van der Waals surface area contributed by atoms with Crippen LogP contribution in [0.15, 0.2) is 0 Å². The van der Waals surface area contributed by atoms with E-state index < -0.39 is 0 Å². The number of fused-ring (bicyclic) bond motifs is 1. The Balaban J connectivity index is 1.79. The largest absolute Gasteiger partial charge is 0.339 e. The van der Waals surface area contributed by atoms with E-state index in [2.05, 4.69) is 31.0 Å². The van der Waals surface area contributed by atoms with Crippen LogP contribution in [0, 0.1) is 23.2 Å². The SMILES string of the molecule is CCC1C2CNCC2CN1C(=O)C1(CC(C)C)CCCC1. The van der Waals surface area contributed by atoms with Gasteiger partial charge in [-0.1, -0.05) is 33.6 Å². The molecule has 0 bridgehead atoms. The van der Waals surface area contributed by atoms with Gasteiger partial charge in [-0.3, -0.25) is 4.79 Å². The zero-order chi connectivity index (χ0) is 15.0. The Morgan fingerprint density at radius 3 is 2.62 bits per heavy atom. The lowest BCUT2D eigenvalue weighted by atomic mass is 9.77. The van der Waals surface area contributed by atoms with Gasteiger partial charge in [0.05, 0.1) is 0 Å². The zero-order valence-electron chi connectivity index (χ0n) is 14.0. The Labute approximate surface area is 129 Å². The molecule has 1 aliphatic carbocycles. The molecule has 120 valence electrons. The van der Waals surface area contributed by atoms with Crippen LogP contribution in [0.5, 0.6) is 0 Å². The first kappa shape index (κ1) is 15.3. The molecular weight excluding hydrogens is 260 g/mol. The van der Waals surface area contributed by atoms with Gasteiger partial charge in [0.2, 0.25) is 5.91 Å². The van der Waals surface area contributed by atoms with Gasteiger partial charge in [-0.25, -0.2) is 0 Å². The number of hydrogen-bond donors (Lipinski definition) is 1. The molecule has 0 aromatic rings. The van der Waals surface area contributed by atoms with Crippen LogP contribution >= 0.6 is 0 Å². The average Bonchev–Trinajstić information content (AvgIpc) is 3.11. The Morgan fingerprint density at radius 2 is 2.00 bits per heavy atom. The quantitative estimate of drug-likeness (QED) is 0.864. The molecule has 0 radical (unpaired) electrons. The van der Waals surface area contributed by atoms with E-state index in [4.69, 9.17) is 0 Å². The number of carbonyl (C=O) groups excluding carboxylic acids is 1. The summed E-state index contributed by atoms with van der Waals surface area (Å²) in [5.41, 5.74) is -0.0202. The van der Waals surface area contributed by atoms with Crippen LogP contribution in [0.2, 0.25) is 0 Å². The highest BCUT2D eigenvalue weighted by atomic mass is 16.2. The van der Waals surface area contributed by atoms with Crippen molar-refractivity contribution in [2.45, 2.75) is 65.3 Å². The highest BCUT2D eigenvalue weighted by Gasteiger charge is 2.51. The molecule has 3 unspecified atom stereocenters. The van der Waals surface area contributed by atoms with Crippen molar-refractivity contribution < 1.29 is 4.79 Å². The summed E-state index contributed by atoms with van der Waals surface area (Å²) in [7, 11) is 0. The van der Waals surface area contributed by atoms with Gasteiger partial charge in [0.1, 0.15) is 0 Å². The molecule has 2 heterocycles. The van der Waals surface area contributed by atoms with Crippen molar-refractivity contribution in [2.75, 3.05) is 19.6 Å². The minimum Gasteiger partial charge on any atom is -0.339 e. The van der Waals surface area contributed by atoms with Gasteiger partial charge >= 0.3 is 0 Å². The van der Waals surface area contributed by atoms with Crippen LogP contribution in [0.1, 0.15) is 59.3 Å². The van der Waals surface area contributed by atoms with Crippen molar-refractivity contribution in [2.24, 2.45) is 23.2 Å². The van der Waals surface area contributed by atoms with Crippen molar-refractivity contribution in [1.82, 2.24) is 10.2 Å². The first-order chi connectivity index (χ1) is 10.1. The molecule has 1 saturated carbocycles. The lowest BCUT2D eigenvalue weighted by Crippen LogP contribution is -2.47. The maximum atomic E-state index is 13.4. The van der Waals surface area contributed by atoms with E-state index in [1.807, 2.05) is 0 Å². The number of carbonyl (C=O) groups is 1. The first-order valence-corrected chi connectivity index (χ1v) is 9.09. The van der Waals surface area contributed by atoms with Crippen LogP contribution in [0.3, 0.4) is 0 Å². The third kappa shape index (κ3) is 2.62. The van der Waals surface area contributed by atoms with Gasteiger partial charge in [-0.05, 0) is 43.4 Å². The van der Waals surface area contributed by atoms with Crippen molar-refractivity contribution in [1.29, 1.82) is 0 Å². The Morgan fingerprint density at radius 1 is 1.29 bits per heavy atom. The normalized spacial score (nSPS) is 34.7. The number of rotatable bonds is 4. The summed E-state index contributed by atoms with van der Waals surface area (Å²) < 4.78 is 0. The first-order valence-electron chi connectivity index (χ1n) is 9.09. The van der Waals surface area contributed by atoms with E-state index >= 15 is 0 Å². The fourth-order valence-corrected chi connectivity index (χ4v) is 5.42. The minimum atomic E-state index is -0.0202. The lowest BCUT2D eigenvalue weighted by molar-refractivity contribution is -0.144. The molecule has 3 heteroatoms. The van der Waals surface area contributed by atoms with E-state index in [0.717, 1.165) is 45.3 Å². The second-order valence-electron chi connectivity index (χ2n) is 8.10. The van der Waals surface area contributed by atoms with Crippen LogP contribution < -0.4 is 5.32 Å². The summed E-state index contributed by atoms with van der Waals surface area (Å²) >= 11 is 0. The van der Waals surface area contributed by atoms with Gasteiger partial charge in [-0.2, -0.15) is 0 Å². The van der Waals surface area contributed by atoms with E-state index in [-0.39, 0.29) is 5.41 Å². The second kappa shape index (κ2) is 5.91. The number of amides is 1. The monoisotopic (exact) mass is 292 g/mol. The Hall–Kier alpha value is -0.570. The molecule has 3 atom stereocenters. The maximum absolute atomic E-state index is 13.4. The number of hydrogen-bond acceptors (Lipinski definition) is 2. The second-order valence-corrected chi connectivity index (χ2v) is 8.10. The number of likely N-dealkylation sites (tertiary alicyclic amines) is 1. The average molecular weight is 292 g/mol. The minimum absolute atomic E-state index is 0.0202. The summed E-state index contributed by atoms with van der Waals surface area (Å²) in [6.45, 7) is 10.0. The van der Waals surface area contributed by atoms with Gasteiger partial charge in [0.15, 0.2) is 0 Å². The fraction of sp³-hybridized carbons (Fsp3) is 0.944. The summed E-state index contributed by atoms with van der Waals surface area (Å²) in [5.74, 6) is 2.54. The summed E-state index contributed by atoms with van der Waals surface area (Å²) in [5, 5.41) is 3.52. The fourth-order valence-electron chi connectivity index (χ4n) is 5.42. The van der Waals surface area contributed by atoms with Gasteiger partial charge in [0, 0.05) is 31.1 Å². The molecule has 1 N–H and O–H groups in total. The number of nitrogens with one attached hydrogen (secondary N) is 1. The Kier molecular flexibility index (Phi) is 4.31. The van der Waals surface area contributed by atoms with Crippen LogP contribution in [-0.2, 0) is 4.79 Å². The van der Waals surface area contributed by atoms with Crippen molar-refractivity contribution in [3.63, 3.8) is 0 Å². The van der Waals surface area contributed by atoms with Crippen molar-refractivity contribution in [3.8, 4) is 0 Å². The molecule has 3 aliphatic rings. The van der Waals surface area contributed by atoms with Crippen LogP contribution in [0.4, 0.5) is 0 Å². The molecule has 3 rings (SSSR count). The van der Waals surface area contributed by atoms with E-state index in [1.165, 1.54) is 12.8 Å². The smallest absolute Gasteiger partial charge is 0.229 e. The highest BCUT2D eigenvalue weighted by Crippen LogP contribution is 2.47. The summed E-state index contributed by atoms with van der Waals surface area (Å²) in [4.78, 5) is 15.7. The molecule has 0 aromatic carbocycles. The molecule has 2 saturated heterocycles. The van der Waals surface area contributed by atoms with Crippen LogP contribution in [0.25, 0.3) is 0 Å². The molecular formula is C18H32N2O. The van der Waals surface area contributed by atoms with E-state index in [1.54, 1.807) is 0 Å². The third-order valence-corrected chi connectivity index (χ3v) is 6.21. The highest BCUT2D eigenvalue weighted by molar-refractivity contribution is 5.83. The zero-order valence-corrected chi connectivity index (χ0v) is 14.0. The van der Waals surface area contributed by atoms with Gasteiger partial charge in [-0.15, -0.1) is 0 Å². The predicted octanol–water partition coefficient (Wildman–Crippen LogP) is 3.05. The predicted molar refractivity (Wildman–Crippen MR) is 86.0 cm³/mol. The topological polar surface area (TPSA) is 32.3 Å². The molecule has 2 aliphatic heterocycles. The van der Waals surface area contributed by atoms with E-state index in [0.29, 0.717) is 29.7 Å². The van der Waals surface area contributed by atoms with Gasteiger partial charge in [0.25, 0.3) is 0 Å². The third-order valence-electron chi connectivity index (χ3n) is 6.21. The van der Waals surface area contributed by atoms with Crippen LogP contribution in [-0.4, -0.2) is 36.5 Å². The molecule has 3 nitrogen and oxygen atoms in total. The summed E-state index contributed by atoms with van der Waals surface area (Å²) in [6.07, 6.45) is 6.96.